The minimum atomic E-state index is -0.409. The maximum Gasteiger partial charge on any atom is 0.410 e. The Hall–Kier alpha value is -1.63. The van der Waals surface area contributed by atoms with Gasteiger partial charge in [0, 0.05) is 6.61 Å². The highest BCUT2D eigenvalue weighted by Crippen LogP contribution is 2.25. The summed E-state index contributed by atoms with van der Waals surface area (Å²) in [4.78, 5) is 13.9. The lowest BCUT2D eigenvalue weighted by molar-refractivity contribution is -0.185. The summed E-state index contributed by atoms with van der Waals surface area (Å²) >= 11 is 0. The van der Waals surface area contributed by atoms with Crippen molar-refractivity contribution >= 4 is 6.09 Å². The molecule has 0 bridgehead atoms. The van der Waals surface area contributed by atoms with Gasteiger partial charge in [-0.05, 0) is 31.2 Å². The van der Waals surface area contributed by atoms with E-state index in [4.69, 9.17) is 14.2 Å². The molecule has 2 aliphatic rings. The molecule has 0 spiro atoms. The van der Waals surface area contributed by atoms with E-state index in [9.17, 15) is 9.90 Å². The highest BCUT2D eigenvalue weighted by Gasteiger charge is 2.37. The Morgan fingerprint density at radius 3 is 2.83 bits per heavy atom. The minimum Gasteiger partial charge on any atom is -0.445 e. The first-order chi connectivity index (χ1) is 11.8. The van der Waals surface area contributed by atoms with E-state index in [1.165, 1.54) is 0 Å². The van der Waals surface area contributed by atoms with Crippen molar-refractivity contribution in [2.45, 2.75) is 50.7 Å². The number of carbonyl (C=O) groups is 1. The van der Waals surface area contributed by atoms with Crippen LogP contribution in [0.3, 0.4) is 0 Å². The van der Waals surface area contributed by atoms with Gasteiger partial charge in [-0.2, -0.15) is 0 Å². The first kappa shape index (κ1) is 17.2. The second-order valence-corrected chi connectivity index (χ2v) is 6.32. The average Bonchev–Trinajstić information content (AvgIpc) is 3.04. The number of aliphatic hydroxyl groups is 1. The van der Waals surface area contributed by atoms with E-state index >= 15 is 0 Å². The number of amides is 1. The SMILES string of the molecule is O=C(OCc1ccccc1)N1C[C@H](OC2CCCCO2)C[C@@H]1CO. The van der Waals surface area contributed by atoms with Crippen molar-refractivity contribution in [1.29, 1.82) is 0 Å². The monoisotopic (exact) mass is 335 g/mol. The predicted octanol–water partition coefficient (Wildman–Crippen LogP) is 2.30. The molecule has 3 atom stereocenters. The van der Waals surface area contributed by atoms with Gasteiger partial charge in [0.2, 0.25) is 0 Å². The normalized spacial score (nSPS) is 27.2. The van der Waals surface area contributed by atoms with Crippen LogP contribution < -0.4 is 0 Å². The number of benzene rings is 1. The Bertz CT molecular complexity index is 517. The fourth-order valence-electron chi connectivity index (χ4n) is 3.20. The quantitative estimate of drug-likeness (QED) is 0.894. The summed E-state index contributed by atoms with van der Waals surface area (Å²) in [5.74, 6) is 0. The van der Waals surface area contributed by atoms with E-state index in [1.807, 2.05) is 30.3 Å². The fraction of sp³-hybridized carbons (Fsp3) is 0.611. The molecule has 6 heteroatoms. The van der Waals surface area contributed by atoms with Gasteiger partial charge in [0.05, 0.1) is 25.3 Å². The summed E-state index contributed by atoms with van der Waals surface area (Å²) in [6, 6.07) is 9.29. The largest absolute Gasteiger partial charge is 0.445 e. The Balaban J connectivity index is 1.50. The molecule has 1 amide bonds. The van der Waals surface area contributed by atoms with Gasteiger partial charge in [-0.3, -0.25) is 0 Å². The second-order valence-electron chi connectivity index (χ2n) is 6.32. The molecule has 2 aliphatic heterocycles. The van der Waals surface area contributed by atoms with Crippen molar-refractivity contribution in [2.24, 2.45) is 0 Å². The highest BCUT2D eigenvalue weighted by molar-refractivity contribution is 5.68. The lowest BCUT2D eigenvalue weighted by Crippen LogP contribution is -2.38. The predicted molar refractivity (Wildman–Crippen MR) is 87.3 cm³/mol. The summed E-state index contributed by atoms with van der Waals surface area (Å²) in [6.07, 6.45) is 2.95. The molecule has 1 N–H and O–H groups in total. The van der Waals surface area contributed by atoms with E-state index in [2.05, 4.69) is 0 Å². The Labute approximate surface area is 142 Å². The van der Waals surface area contributed by atoms with E-state index in [0.717, 1.165) is 31.4 Å². The summed E-state index contributed by atoms with van der Waals surface area (Å²) in [5, 5.41) is 9.56. The van der Waals surface area contributed by atoms with Crippen LogP contribution >= 0.6 is 0 Å². The molecular formula is C18H25NO5. The topological polar surface area (TPSA) is 68.2 Å². The van der Waals surface area contributed by atoms with Crippen molar-refractivity contribution in [1.82, 2.24) is 4.90 Å². The molecule has 24 heavy (non-hydrogen) atoms. The third kappa shape index (κ3) is 4.47. The Morgan fingerprint density at radius 1 is 1.29 bits per heavy atom. The molecular weight excluding hydrogens is 310 g/mol. The highest BCUT2D eigenvalue weighted by atomic mass is 16.7. The van der Waals surface area contributed by atoms with Crippen LogP contribution in [0.15, 0.2) is 30.3 Å². The van der Waals surface area contributed by atoms with Crippen LogP contribution in [0, 0.1) is 0 Å². The van der Waals surface area contributed by atoms with Crippen LogP contribution in [0.4, 0.5) is 4.79 Å². The molecule has 0 saturated carbocycles. The van der Waals surface area contributed by atoms with E-state index in [1.54, 1.807) is 4.90 Å². The Kier molecular flexibility index (Phi) is 6.07. The molecule has 1 unspecified atom stereocenters. The summed E-state index contributed by atoms with van der Waals surface area (Å²) in [5.41, 5.74) is 0.939. The lowest BCUT2D eigenvalue weighted by Gasteiger charge is -2.25. The molecule has 2 fully saturated rings. The number of ether oxygens (including phenoxy) is 3. The smallest absolute Gasteiger partial charge is 0.410 e. The molecule has 0 aliphatic carbocycles. The second kappa shape index (κ2) is 8.46. The van der Waals surface area contributed by atoms with Crippen LogP contribution in [0.25, 0.3) is 0 Å². The van der Waals surface area contributed by atoms with E-state index in [0.29, 0.717) is 13.0 Å². The summed E-state index contributed by atoms with van der Waals surface area (Å²) in [6.45, 7) is 1.29. The summed E-state index contributed by atoms with van der Waals surface area (Å²) < 4.78 is 16.9. The zero-order valence-electron chi connectivity index (χ0n) is 13.8. The number of hydrogen-bond donors (Lipinski definition) is 1. The molecule has 0 radical (unpaired) electrons. The average molecular weight is 335 g/mol. The van der Waals surface area contributed by atoms with Crippen LogP contribution in [0.1, 0.15) is 31.2 Å². The molecule has 132 valence electrons. The minimum absolute atomic E-state index is 0.0914. The van der Waals surface area contributed by atoms with Gasteiger partial charge in [0.1, 0.15) is 6.61 Å². The third-order valence-electron chi connectivity index (χ3n) is 4.51. The molecule has 6 nitrogen and oxygen atoms in total. The summed E-state index contributed by atoms with van der Waals surface area (Å²) in [7, 11) is 0. The van der Waals surface area contributed by atoms with Crippen molar-refractivity contribution in [2.75, 3.05) is 19.8 Å². The maximum atomic E-state index is 12.3. The number of carbonyl (C=O) groups excluding carboxylic acids is 1. The molecule has 0 aromatic heterocycles. The third-order valence-corrected chi connectivity index (χ3v) is 4.51. The van der Waals surface area contributed by atoms with Crippen LogP contribution in [-0.4, -0.2) is 54.3 Å². The molecule has 2 saturated heterocycles. The van der Waals surface area contributed by atoms with E-state index < -0.39 is 6.09 Å². The van der Waals surface area contributed by atoms with Gasteiger partial charge in [-0.25, -0.2) is 4.79 Å². The maximum absolute atomic E-state index is 12.3. The van der Waals surface area contributed by atoms with Crippen molar-refractivity contribution in [3.8, 4) is 0 Å². The van der Waals surface area contributed by atoms with Gasteiger partial charge in [-0.1, -0.05) is 30.3 Å². The number of rotatable bonds is 5. The number of hydrogen-bond acceptors (Lipinski definition) is 5. The number of aliphatic hydroxyl groups excluding tert-OH is 1. The van der Waals surface area contributed by atoms with Gasteiger partial charge < -0.3 is 24.2 Å². The van der Waals surface area contributed by atoms with Gasteiger partial charge in [0.25, 0.3) is 0 Å². The fourth-order valence-corrected chi connectivity index (χ4v) is 3.20. The molecule has 1 aromatic carbocycles. The molecule has 2 heterocycles. The van der Waals surface area contributed by atoms with Gasteiger partial charge in [-0.15, -0.1) is 0 Å². The van der Waals surface area contributed by atoms with Gasteiger partial charge in [0.15, 0.2) is 6.29 Å². The van der Waals surface area contributed by atoms with Crippen LogP contribution in [0.5, 0.6) is 0 Å². The standard InChI is InChI=1S/C18H25NO5/c20-12-15-10-16(24-17-8-4-5-9-22-17)11-19(15)18(21)23-13-14-6-2-1-3-7-14/h1-3,6-7,15-17,20H,4-5,8-13H2/t15-,16-,17?/m1/s1. The zero-order valence-corrected chi connectivity index (χ0v) is 13.8. The lowest BCUT2D eigenvalue weighted by atomic mass is 10.2. The number of likely N-dealkylation sites (tertiary alicyclic amines) is 1. The first-order valence-corrected chi connectivity index (χ1v) is 8.61. The van der Waals surface area contributed by atoms with Crippen LogP contribution in [-0.2, 0) is 20.8 Å². The first-order valence-electron chi connectivity index (χ1n) is 8.61. The zero-order chi connectivity index (χ0) is 16.8. The van der Waals surface area contributed by atoms with Crippen molar-refractivity contribution in [3.63, 3.8) is 0 Å². The number of nitrogens with zero attached hydrogens (tertiary/aromatic N) is 1. The van der Waals surface area contributed by atoms with Crippen LogP contribution in [0.2, 0.25) is 0 Å². The molecule has 3 rings (SSSR count). The van der Waals surface area contributed by atoms with Crippen molar-refractivity contribution < 1.29 is 24.1 Å². The molecule has 1 aromatic rings. The van der Waals surface area contributed by atoms with Crippen molar-refractivity contribution in [3.05, 3.63) is 35.9 Å². The Morgan fingerprint density at radius 2 is 2.12 bits per heavy atom. The van der Waals surface area contributed by atoms with E-state index in [-0.39, 0.29) is 31.6 Å². The van der Waals surface area contributed by atoms with Gasteiger partial charge >= 0.3 is 6.09 Å².